The molecule has 33 heavy (non-hydrogen) atoms. The second-order valence-corrected chi connectivity index (χ2v) is 11.3. The molecule has 4 bridgehead atoms. The number of ether oxygens (including phenoxy) is 1. The zero-order chi connectivity index (χ0) is 24.0. The number of rotatable bonds is 6. The van der Waals surface area contributed by atoms with Crippen molar-refractivity contribution in [1.29, 1.82) is 0 Å². The van der Waals surface area contributed by atoms with Gasteiger partial charge >= 0.3 is 12.1 Å². The Morgan fingerprint density at radius 2 is 1.64 bits per heavy atom. The Morgan fingerprint density at radius 3 is 2.15 bits per heavy atom. The fraction of sp³-hybridized carbons (Fsp3) is 0.640. The van der Waals surface area contributed by atoms with E-state index >= 15 is 0 Å². The third-order valence-electron chi connectivity index (χ3n) is 7.28. The van der Waals surface area contributed by atoms with Crippen molar-refractivity contribution in [3.8, 4) is 0 Å². The summed E-state index contributed by atoms with van der Waals surface area (Å²) < 4.78 is 5.43. The van der Waals surface area contributed by atoms with Gasteiger partial charge in [-0.3, -0.25) is 4.79 Å². The molecular formula is C25H34N2O6. The van der Waals surface area contributed by atoms with Gasteiger partial charge in [-0.15, -0.1) is 0 Å². The highest BCUT2D eigenvalue weighted by Crippen LogP contribution is 2.62. The molecule has 8 nitrogen and oxygen atoms in total. The maximum atomic E-state index is 13.6. The number of aliphatic carboxylic acids is 1. The number of aliphatic hydroxyl groups is 1. The van der Waals surface area contributed by atoms with Crippen LogP contribution >= 0.6 is 0 Å². The molecule has 1 aromatic rings. The number of carbonyl (C=O) groups excluding carboxylic acids is 2. The van der Waals surface area contributed by atoms with Crippen LogP contribution in [0.3, 0.4) is 0 Å². The van der Waals surface area contributed by atoms with Crippen LogP contribution in [0.5, 0.6) is 0 Å². The van der Waals surface area contributed by atoms with Crippen molar-refractivity contribution in [3.63, 3.8) is 0 Å². The van der Waals surface area contributed by atoms with E-state index in [1.54, 1.807) is 51.1 Å². The van der Waals surface area contributed by atoms with Crippen LogP contribution in [0.4, 0.5) is 4.79 Å². The van der Waals surface area contributed by atoms with Crippen molar-refractivity contribution >= 4 is 18.0 Å². The molecule has 4 fully saturated rings. The summed E-state index contributed by atoms with van der Waals surface area (Å²) in [5, 5.41) is 26.4. The highest BCUT2D eigenvalue weighted by Gasteiger charge is 2.61. The first-order valence-electron chi connectivity index (χ1n) is 11.7. The average Bonchev–Trinajstić information content (AvgIpc) is 2.67. The summed E-state index contributed by atoms with van der Waals surface area (Å²) in [5.74, 6) is -1.18. The van der Waals surface area contributed by atoms with Crippen molar-refractivity contribution in [3.05, 3.63) is 35.9 Å². The Hall–Kier alpha value is -2.61. The van der Waals surface area contributed by atoms with Crippen LogP contribution in [-0.2, 0) is 14.3 Å². The van der Waals surface area contributed by atoms with Gasteiger partial charge in [0.05, 0.1) is 5.60 Å². The summed E-state index contributed by atoms with van der Waals surface area (Å²) >= 11 is 0. The summed E-state index contributed by atoms with van der Waals surface area (Å²) in [7, 11) is 0. The van der Waals surface area contributed by atoms with Gasteiger partial charge in [0.25, 0.3) is 0 Å². The highest BCUT2D eigenvalue weighted by atomic mass is 16.6. The van der Waals surface area contributed by atoms with Gasteiger partial charge in [0.15, 0.2) is 6.04 Å². The van der Waals surface area contributed by atoms with E-state index < -0.39 is 46.7 Å². The first kappa shape index (κ1) is 23.5. The molecule has 4 saturated carbocycles. The first-order valence-corrected chi connectivity index (χ1v) is 11.7. The largest absolute Gasteiger partial charge is 0.479 e. The molecule has 4 aliphatic rings. The molecule has 5 rings (SSSR count). The van der Waals surface area contributed by atoms with Gasteiger partial charge in [0.2, 0.25) is 5.91 Å². The Balaban J connectivity index is 1.63. The summed E-state index contributed by atoms with van der Waals surface area (Å²) in [6.07, 6.45) is 3.56. The Morgan fingerprint density at radius 1 is 1.03 bits per heavy atom. The highest BCUT2D eigenvalue weighted by molar-refractivity contribution is 5.90. The molecule has 2 amide bonds. The van der Waals surface area contributed by atoms with Gasteiger partial charge in [-0.1, -0.05) is 30.3 Å². The topological polar surface area (TPSA) is 125 Å². The maximum Gasteiger partial charge on any atom is 0.408 e. The number of hydrogen-bond donors (Lipinski definition) is 4. The van der Waals surface area contributed by atoms with Crippen LogP contribution in [0.2, 0.25) is 0 Å². The minimum atomic E-state index is -1.25. The number of carbonyl (C=O) groups is 3. The van der Waals surface area contributed by atoms with Crippen molar-refractivity contribution in [1.82, 2.24) is 10.6 Å². The van der Waals surface area contributed by atoms with Crippen LogP contribution in [0.15, 0.2) is 30.3 Å². The lowest BCUT2D eigenvalue weighted by Crippen LogP contribution is -2.66. The molecule has 8 heteroatoms. The fourth-order valence-electron chi connectivity index (χ4n) is 6.70. The zero-order valence-electron chi connectivity index (χ0n) is 19.5. The standard InChI is InChI=1S/C25H34N2O6/c1-23(2,3)33-22(31)27-19(20(28)26-18(21(29)30)17-7-5-4-6-8-17)24-10-15-9-16(11-24)13-25(32,12-15)14-24/h4-8,15-16,18-19,32H,9-14H2,1-3H3,(H,26,28)(H,27,31)(H,29,30)/t15?,16?,18-,19+,24?,25?/m1/s1. The van der Waals surface area contributed by atoms with E-state index in [0.717, 1.165) is 6.42 Å². The molecule has 180 valence electrons. The normalized spacial score (nSPS) is 32.0. The fourth-order valence-corrected chi connectivity index (χ4v) is 6.70. The summed E-state index contributed by atoms with van der Waals surface area (Å²) in [6, 6.07) is 6.22. The maximum absolute atomic E-state index is 13.6. The van der Waals surface area contributed by atoms with Gasteiger partial charge < -0.3 is 25.6 Å². The summed E-state index contributed by atoms with van der Waals surface area (Å²) in [4.78, 5) is 38.4. The lowest BCUT2D eigenvalue weighted by molar-refractivity contribution is -0.177. The second kappa shape index (κ2) is 8.31. The van der Waals surface area contributed by atoms with E-state index in [0.29, 0.717) is 37.7 Å². The molecule has 0 heterocycles. The SMILES string of the molecule is CC(C)(C)OC(=O)N[C@@H](C(=O)N[C@@H](C(=O)O)c1ccccc1)C12CC3CC(CC(O)(C3)C1)C2. The molecule has 0 radical (unpaired) electrons. The molecule has 4 N–H and O–H groups in total. The first-order chi connectivity index (χ1) is 15.4. The number of hydrogen-bond acceptors (Lipinski definition) is 5. The van der Waals surface area contributed by atoms with E-state index in [1.807, 2.05) is 0 Å². The van der Waals surface area contributed by atoms with Crippen LogP contribution in [-0.4, -0.2) is 45.4 Å². The lowest BCUT2D eigenvalue weighted by Gasteiger charge is -2.61. The number of carboxylic acid groups (broad SMARTS) is 1. The summed E-state index contributed by atoms with van der Waals surface area (Å²) in [5.41, 5.74) is -1.79. The Kier molecular flexibility index (Phi) is 5.93. The Bertz CT molecular complexity index is 911. The van der Waals surface area contributed by atoms with Gasteiger partial charge in [-0.05, 0) is 76.7 Å². The predicted molar refractivity (Wildman–Crippen MR) is 120 cm³/mol. The minimum Gasteiger partial charge on any atom is -0.479 e. The molecule has 0 aliphatic heterocycles. The van der Waals surface area contributed by atoms with E-state index in [9.17, 15) is 24.6 Å². The lowest BCUT2D eigenvalue weighted by atomic mass is 9.46. The zero-order valence-corrected chi connectivity index (χ0v) is 19.5. The molecule has 4 atom stereocenters. The third kappa shape index (κ3) is 5.00. The summed E-state index contributed by atoms with van der Waals surface area (Å²) in [6.45, 7) is 5.22. The predicted octanol–water partition coefficient (Wildman–Crippen LogP) is 3.15. The molecular weight excluding hydrogens is 424 g/mol. The van der Waals surface area contributed by atoms with Gasteiger partial charge in [-0.25, -0.2) is 9.59 Å². The average molecular weight is 459 g/mol. The van der Waals surface area contributed by atoms with Crippen LogP contribution < -0.4 is 10.6 Å². The van der Waals surface area contributed by atoms with E-state index in [2.05, 4.69) is 10.6 Å². The van der Waals surface area contributed by atoms with Crippen molar-refractivity contribution < 1.29 is 29.3 Å². The molecule has 4 aliphatic carbocycles. The Labute approximate surface area is 194 Å². The number of carboxylic acids is 1. The molecule has 0 saturated heterocycles. The smallest absolute Gasteiger partial charge is 0.408 e. The van der Waals surface area contributed by atoms with E-state index in [-0.39, 0.29) is 11.8 Å². The second-order valence-electron chi connectivity index (χ2n) is 11.3. The molecule has 2 unspecified atom stereocenters. The van der Waals surface area contributed by atoms with Crippen LogP contribution in [0, 0.1) is 17.3 Å². The van der Waals surface area contributed by atoms with Crippen molar-refractivity contribution in [2.75, 3.05) is 0 Å². The van der Waals surface area contributed by atoms with E-state index in [1.165, 1.54) is 0 Å². The third-order valence-corrected chi connectivity index (χ3v) is 7.28. The number of nitrogens with one attached hydrogen (secondary N) is 2. The molecule has 0 spiro atoms. The van der Waals surface area contributed by atoms with Gasteiger partial charge in [0, 0.05) is 5.41 Å². The van der Waals surface area contributed by atoms with Crippen molar-refractivity contribution in [2.45, 2.75) is 82.6 Å². The quantitative estimate of drug-likeness (QED) is 0.519. The molecule has 1 aromatic carbocycles. The number of alkyl carbamates (subject to hydrolysis) is 1. The van der Waals surface area contributed by atoms with E-state index in [4.69, 9.17) is 4.74 Å². The van der Waals surface area contributed by atoms with Crippen LogP contribution in [0.1, 0.15) is 70.9 Å². The van der Waals surface area contributed by atoms with Gasteiger partial charge in [-0.2, -0.15) is 0 Å². The van der Waals surface area contributed by atoms with Gasteiger partial charge in [0.1, 0.15) is 11.6 Å². The number of benzene rings is 1. The minimum absolute atomic E-state index is 0.288. The van der Waals surface area contributed by atoms with Crippen LogP contribution in [0.25, 0.3) is 0 Å². The monoisotopic (exact) mass is 458 g/mol. The van der Waals surface area contributed by atoms with Crippen molar-refractivity contribution in [2.24, 2.45) is 17.3 Å². The number of amides is 2. The molecule has 0 aromatic heterocycles.